The van der Waals surface area contributed by atoms with Gasteiger partial charge in [-0.3, -0.25) is 9.48 Å². The number of fused-ring (bicyclic) bond motifs is 3. The zero-order chi connectivity index (χ0) is 25.1. The Morgan fingerprint density at radius 2 is 1.66 bits per heavy atom. The average molecular weight is 477 g/mol. The third kappa shape index (κ3) is 5.18. The Balaban J connectivity index is 1.38. The number of hydrogen-bond donors (Lipinski definition) is 3. The van der Waals surface area contributed by atoms with E-state index in [-0.39, 0.29) is 36.2 Å². The normalized spacial score (nSPS) is 13.1. The second-order valence-electron chi connectivity index (χ2n) is 8.94. The van der Waals surface area contributed by atoms with Crippen LogP contribution in [0.2, 0.25) is 0 Å². The number of carboxylic acid groups (broad SMARTS) is 1. The number of nitrogens with one attached hydrogen (secondary N) is 2. The summed E-state index contributed by atoms with van der Waals surface area (Å²) in [6, 6.07) is 15.7. The molecule has 0 bridgehead atoms. The van der Waals surface area contributed by atoms with E-state index >= 15 is 0 Å². The number of rotatable bonds is 8. The summed E-state index contributed by atoms with van der Waals surface area (Å²) in [7, 11) is 1.57. The van der Waals surface area contributed by atoms with Gasteiger partial charge in [0.2, 0.25) is 5.91 Å². The van der Waals surface area contributed by atoms with E-state index in [9.17, 15) is 19.5 Å². The molecule has 9 heteroatoms. The number of benzene rings is 2. The summed E-state index contributed by atoms with van der Waals surface area (Å²) in [5.74, 6) is -1.81. The maximum atomic E-state index is 12.7. The fourth-order valence-corrected chi connectivity index (χ4v) is 4.36. The predicted octanol–water partition coefficient (Wildman–Crippen LogP) is 4.01. The number of aromatic nitrogens is 2. The van der Waals surface area contributed by atoms with Crippen molar-refractivity contribution in [1.82, 2.24) is 15.1 Å². The van der Waals surface area contributed by atoms with Gasteiger partial charge in [0, 0.05) is 31.6 Å². The van der Waals surface area contributed by atoms with Crippen LogP contribution in [0.1, 0.15) is 47.7 Å². The van der Waals surface area contributed by atoms with Crippen molar-refractivity contribution in [2.75, 3.05) is 11.9 Å². The van der Waals surface area contributed by atoms with E-state index in [4.69, 9.17) is 4.74 Å². The van der Waals surface area contributed by atoms with Crippen molar-refractivity contribution in [3.8, 4) is 11.1 Å². The minimum absolute atomic E-state index is 0.0337. The Hall–Kier alpha value is -4.14. The number of carboxylic acids is 1. The smallest absolute Gasteiger partial charge is 0.407 e. The van der Waals surface area contributed by atoms with Gasteiger partial charge in [0.1, 0.15) is 12.2 Å². The molecule has 3 aromatic rings. The van der Waals surface area contributed by atoms with E-state index in [1.54, 1.807) is 7.05 Å². The Bertz CT molecular complexity index is 1220. The van der Waals surface area contributed by atoms with E-state index in [0.717, 1.165) is 22.3 Å². The molecule has 0 unspecified atom stereocenters. The van der Waals surface area contributed by atoms with Crippen LogP contribution in [0, 0.1) is 5.92 Å². The van der Waals surface area contributed by atoms with Crippen LogP contribution in [0.15, 0.2) is 54.7 Å². The SMILES string of the molecule is CC(C)[C@H](CC(=O)Nc1nn(C)cc1C(=O)O)NC(=O)OCC1c2ccccc2-c2ccccc21. The first-order chi connectivity index (χ1) is 16.7. The molecule has 0 radical (unpaired) electrons. The first kappa shape index (κ1) is 24.0. The number of carbonyl (C=O) groups excluding carboxylic acids is 2. The van der Waals surface area contributed by atoms with Gasteiger partial charge in [-0.15, -0.1) is 0 Å². The molecule has 0 fully saturated rings. The molecular weight excluding hydrogens is 448 g/mol. The molecule has 3 N–H and O–H groups in total. The molecule has 182 valence electrons. The topological polar surface area (TPSA) is 123 Å². The average Bonchev–Trinajstić information content (AvgIpc) is 3.34. The molecule has 1 atom stereocenters. The standard InChI is InChI=1S/C26H28N4O5/c1-15(2)22(12-23(31)28-24-20(25(32)33)13-30(3)29-24)27-26(34)35-14-21-18-10-6-4-8-16(18)17-9-5-7-11-19(17)21/h4-11,13,15,21-22H,12,14H2,1-3H3,(H,27,34)(H,32,33)(H,28,29,31)/t22-/m0/s1. The van der Waals surface area contributed by atoms with Crippen molar-refractivity contribution in [1.29, 1.82) is 0 Å². The summed E-state index contributed by atoms with van der Waals surface area (Å²) in [6.45, 7) is 3.93. The monoisotopic (exact) mass is 476 g/mol. The maximum absolute atomic E-state index is 12.7. The summed E-state index contributed by atoms with van der Waals surface area (Å²) in [4.78, 5) is 36.6. The molecule has 1 aliphatic rings. The van der Waals surface area contributed by atoms with Gasteiger partial charge < -0.3 is 20.5 Å². The molecule has 0 saturated heterocycles. The lowest BCUT2D eigenvalue weighted by molar-refractivity contribution is -0.116. The number of amides is 2. The van der Waals surface area contributed by atoms with Crippen LogP contribution < -0.4 is 10.6 Å². The number of anilines is 1. The molecule has 0 aliphatic heterocycles. The molecule has 9 nitrogen and oxygen atoms in total. The molecule has 1 aromatic heterocycles. The van der Waals surface area contributed by atoms with Crippen molar-refractivity contribution >= 4 is 23.8 Å². The highest BCUT2D eigenvalue weighted by Crippen LogP contribution is 2.44. The summed E-state index contributed by atoms with van der Waals surface area (Å²) >= 11 is 0. The van der Waals surface area contributed by atoms with E-state index in [1.165, 1.54) is 10.9 Å². The lowest BCUT2D eigenvalue weighted by Crippen LogP contribution is -2.41. The number of alkyl carbamates (subject to hydrolysis) is 1. The Labute approximate surface area is 203 Å². The third-order valence-corrected chi connectivity index (χ3v) is 6.17. The number of aryl methyl sites for hydroxylation is 1. The van der Waals surface area contributed by atoms with E-state index in [2.05, 4.69) is 27.9 Å². The molecule has 4 rings (SSSR count). The molecule has 0 spiro atoms. The molecule has 2 amide bonds. The van der Waals surface area contributed by atoms with Gasteiger partial charge in [-0.05, 0) is 28.2 Å². The van der Waals surface area contributed by atoms with Crippen LogP contribution in [-0.4, -0.2) is 45.5 Å². The fourth-order valence-electron chi connectivity index (χ4n) is 4.36. The predicted molar refractivity (Wildman–Crippen MR) is 130 cm³/mol. The van der Waals surface area contributed by atoms with Crippen LogP contribution in [0.5, 0.6) is 0 Å². The number of ether oxygens (including phenoxy) is 1. The van der Waals surface area contributed by atoms with Crippen LogP contribution in [0.3, 0.4) is 0 Å². The van der Waals surface area contributed by atoms with Crippen molar-refractivity contribution in [2.24, 2.45) is 13.0 Å². The second-order valence-corrected chi connectivity index (χ2v) is 8.94. The van der Waals surface area contributed by atoms with E-state index < -0.39 is 24.0 Å². The van der Waals surface area contributed by atoms with E-state index in [0.29, 0.717) is 0 Å². The molecule has 35 heavy (non-hydrogen) atoms. The highest BCUT2D eigenvalue weighted by molar-refractivity contribution is 5.99. The van der Waals surface area contributed by atoms with Crippen molar-refractivity contribution < 1.29 is 24.2 Å². The zero-order valence-electron chi connectivity index (χ0n) is 19.8. The number of aromatic carboxylic acids is 1. The van der Waals surface area contributed by atoms with E-state index in [1.807, 2.05) is 50.2 Å². The Morgan fingerprint density at radius 3 is 2.23 bits per heavy atom. The van der Waals surface area contributed by atoms with Crippen molar-refractivity contribution in [3.05, 3.63) is 71.4 Å². The van der Waals surface area contributed by atoms with Gasteiger partial charge >= 0.3 is 12.1 Å². The Morgan fingerprint density at radius 1 is 1.06 bits per heavy atom. The fraction of sp³-hybridized carbons (Fsp3) is 0.308. The third-order valence-electron chi connectivity index (χ3n) is 6.17. The van der Waals surface area contributed by atoms with Crippen LogP contribution in [0.25, 0.3) is 11.1 Å². The van der Waals surface area contributed by atoms with Crippen LogP contribution >= 0.6 is 0 Å². The van der Waals surface area contributed by atoms with Gasteiger partial charge in [0.25, 0.3) is 0 Å². The minimum atomic E-state index is -1.19. The zero-order valence-corrected chi connectivity index (χ0v) is 19.8. The summed E-state index contributed by atoms with van der Waals surface area (Å²) in [5, 5.41) is 18.6. The molecule has 1 aliphatic carbocycles. The van der Waals surface area contributed by atoms with Gasteiger partial charge in [0.15, 0.2) is 5.82 Å². The van der Waals surface area contributed by atoms with Crippen LogP contribution in [0.4, 0.5) is 10.6 Å². The van der Waals surface area contributed by atoms with Crippen molar-refractivity contribution in [3.63, 3.8) is 0 Å². The molecular formula is C26H28N4O5. The number of hydrogen-bond acceptors (Lipinski definition) is 5. The lowest BCUT2D eigenvalue weighted by atomic mass is 9.98. The van der Waals surface area contributed by atoms with Gasteiger partial charge in [-0.2, -0.15) is 5.10 Å². The number of carbonyl (C=O) groups is 3. The summed E-state index contributed by atoms with van der Waals surface area (Å²) in [5.41, 5.74) is 4.41. The lowest BCUT2D eigenvalue weighted by Gasteiger charge is -2.22. The summed E-state index contributed by atoms with van der Waals surface area (Å²) in [6.07, 6.45) is 0.645. The Kier molecular flexibility index (Phi) is 6.86. The first-order valence-corrected chi connectivity index (χ1v) is 11.4. The molecule has 2 aromatic carbocycles. The molecule has 0 saturated carbocycles. The largest absolute Gasteiger partial charge is 0.477 e. The van der Waals surface area contributed by atoms with Crippen LogP contribution in [-0.2, 0) is 16.6 Å². The highest BCUT2D eigenvalue weighted by Gasteiger charge is 2.30. The molecule has 1 heterocycles. The quantitative estimate of drug-likeness (QED) is 0.452. The number of nitrogens with zero attached hydrogens (tertiary/aromatic N) is 2. The highest BCUT2D eigenvalue weighted by atomic mass is 16.5. The van der Waals surface area contributed by atoms with Crippen molar-refractivity contribution in [2.45, 2.75) is 32.2 Å². The van der Waals surface area contributed by atoms with Gasteiger partial charge in [0.05, 0.1) is 0 Å². The maximum Gasteiger partial charge on any atom is 0.407 e. The van der Waals surface area contributed by atoms with Gasteiger partial charge in [-0.25, -0.2) is 9.59 Å². The second kappa shape index (κ2) is 10.0. The summed E-state index contributed by atoms with van der Waals surface area (Å²) < 4.78 is 6.91. The van der Waals surface area contributed by atoms with Gasteiger partial charge in [-0.1, -0.05) is 62.4 Å². The first-order valence-electron chi connectivity index (χ1n) is 11.4. The minimum Gasteiger partial charge on any atom is -0.477 e.